The lowest BCUT2D eigenvalue weighted by molar-refractivity contribution is 0.0975. The lowest BCUT2D eigenvalue weighted by Gasteiger charge is -2.11. The molecule has 1 aromatic heterocycles. The normalized spacial score (nSPS) is 10.8. The second-order valence-corrected chi connectivity index (χ2v) is 8.13. The molecule has 30 heavy (non-hydrogen) atoms. The molecule has 6 nitrogen and oxygen atoms in total. The Kier molecular flexibility index (Phi) is 5.72. The van der Waals surface area contributed by atoms with Crippen LogP contribution in [-0.2, 0) is 0 Å². The molecule has 0 saturated heterocycles. The number of benzene rings is 3. The molecule has 2 N–H and O–H groups in total. The number of anilines is 1. The van der Waals surface area contributed by atoms with Gasteiger partial charge in [-0.15, -0.1) is 0 Å². The highest BCUT2D eigenvalue weighted by Gasteiger charge is 2.16. The number of methoxy groups -OCH3 is 2. The van der Waals surface area contributed by atoms with Crippen LogP contribution >= 0.6 is 35.2 Å². The van der Waals surface area contributed by atoms with E-state index < -0.39 is 0 Å². The van der Waals surface area contributed by atoms with Crippen LogP contribution in [0.2, 0.25) is 5.02 Å². The molecule has 0 aliphatic heterocycles. The molecule has 3 aromatic carbocycles. The van der Waals surface area contributed by atoms with Gasteiger partial charge in [0.1, 0.15) is 11.5 Å². The molecule has 0 radical (unpaired) electrons. The molecule has 0 aliphatic carbocycles. The molecular formula is C21H16ClN3O3S2. The van der Waals surface area contributed by atoms with E-state index in [1.165, 1.54) is 18.4 Å². The zero-order chi connectivity index (χ0) is 21.3. The minimum Gasteiger partial charge on any atom is -0.496 e. The Bertz CT molecular complexity index is 1290. The zero-order valence-electron chi connectivity index (χ0n) is 16.0. The van der Waals surface area contributed by atoms with E-state index in [1.807, 2.05) is 36.4 Å². The molecule has 0 saturated carbocycles. The highest BCUT2D eigenvalue weighted by molar-refractivity contribution is 7.80. The predicted octanol–water partition coefficient (Wildman–Crippen LogP) is 5.25. The summed E-state index contributed by atoms with van der Waals surface area (Å²) < 4.78 is 11.5. The number of nitrogens with zero attached hydrogens (tertiary/aromatic N) is 1. The molecule has 0 aliphatic rings. The summed E-state index contributed by atoms with van der Waals surface area (Å²) in [5.74, 6) is 0.662. The summed E-state index contributed by atoms with van der Waals surface area (Å²) in [4.78, 5) is 17.2. The number of ether oxygens (including phenoxy) is 2. The monoisotopic (exact) mass is 457 g/mol. The van der Waals surface area contributed by atoms with Gasteiger partial charge in [0.05, 0.1) is 35.0 Å². The van der Waals surface area contributed by atoms with Gasteiger partial charge in [-0.25, -0.2) is 4.98 Å². The zero-order valence-corrected chi connectivity index (χ0v) is 18.4. The average molecular weight is 458 g/mol. The molecule has 152 valence electrons. The third kappa shape index (κ3) is 4.02. The number of thiocarbonyl (C=S) groups is 1. The van der Waals surface area contributed by atoms with Gasteiger partial charge in [-0.1, -0.05) is 47.2 Å². The fraction of sp³-hybridized carbons (Fsp3) is 0.0952. The van der Waals surface area contributed by atoms with E-state index in [2.05, 4.69) is 15.6 Å². The van der Waals surface area contributed by atoms with Crippen LogP contribution in [0.4, 0.5) is 5.13 Å². The second kappa shape index (κ2) is 8.43. The fourth-order valence-corrected chi connectivity index (χ4v) is 4.37. The highest BCUT2D eigenvalue weighted by Crippen LogP contribution is 2.34. The molecule has 9 heteroatoms. The van der Waals surface area contributed by atoms with Gasteiger partial charge in [-0.05, 0) is 41.2 Å². The molecule has 0 spiro atoms. The third-order valence-corrected chi connectivity index (χ3v) is 5.86. The minimum absolute atomic E-state index is 0.132. The number of hydrogen-bond donors (Lipinski definition) is 2. The molecule has 0 unspecified atom stereocenters. The van der Waals surface area contributed by atoms with Crippen LogP contribution < -0.4 is 20.1 Å². The van der Waals surface area contributed by atoms with Crippen LogP contribution in [0.3, 0.4) is 0 Å². The number of fused-ring (bicyclic) bond motifs is 2. The molecule has 4 rings (SSSR count). The Balaban J connectivity index is 1.53. The van der Waals surface area contributed by atoms with E-state index in [1.54, 1.807) is 19.2 Å². The lowest BCUT2D eigenvalue weighted by atomic mass is 10.1. The highest BCUT2D eigenvalue weighted by atomic mass is 35.5. The van der Waals surface area contributed by atoms with Crippen molar-refractivity contribution in [1.82, 2.24) is 10.3 Å². The van der Waals surface area contributed by atoms with Crippen LogP contribution in [0, 0.1) is 0 Å². The van der Waals surface area contributed by atoms with Gasteiger partial charge < -0.3 is 14.8 Å². The number of carbonyl (C=O) groups excluding carboxylic acids is 1. The number of amides is 1. The van der Waals surface area contributed by atoms with E-state index >= 15 is 0 Å². The van der Waals surface area contributed by atoms with Gasteiger partial charge in [0, 0.05) is 6.07 Å². The summed E-state index contributed by atoms with van der Waals surface area (Å²) in [6, 6.07) is 14.9. The van der Waals surface area contributed by atoms with E-state index in [-0.39, 0.29) is 11.0 Å². The van der Waals surface area contributed by atoms with E-state index in [0.29, 0.717) is 32.7 Å². The van der Waals surface area contributed by atoms with Gasteiger partial charge in [0.2, 0.25) is 0 Å². The van der Waals surface area contributed by atoms with Crippen molar-refractivity contribution in [3.63, 3.8) is 0 Å². The summed E-state index contributed by atoms with van der Waals surface area (Å²) in [6.07, 6.45) is 0. The first-order valence-corrected chi connectivity index (χ1v) is 10.4. The summed E-state index contributed by atoms with van der Waals surface area (Å²) in [6.45, 7) is 0. The molecule has 0 fully saturated rings. The maximum absolute atomic E-state index is 12.8. The van der Waals surface area contributed by atoms with Gasteiger partial charge in [-0.3, -0.25) is 10.1 Å². The van der Waals surface area contributed by atoms with Crippen molar-refractivity contribution in [2.75, 3.05) is 19.5 Å². The topological polar surface area (TPSA) is 72.5 Å². The van der Waals surface area contributed by atoms with E-state index in [4.69, 9.17) is 33.3 Å². The Labute approximate surface area is 186 Å². The molecule has 1 heterocycles. The largest absolute Gasteiger partial charge is 0.496 e. The van der Waals surface area contributed by atoms with Crippen molar-refractivity contribution in [1.29, 1.82) is 0 Å². The minimum atomic E-state index is -0.374. The van der Waals surface area contributed by atoms with Gasteiger partial charge in [-0.2, -0.15) is 0 Å². The maximum Gasteiger partial charge on any atom is 0.261 e. The van der Waals surface area contributed by atoms with Crippen molar-refractivity contribution in [3.8, 4) is 11.5 Å². The SMILES string of the molecule is COc1cc2sc(NC(=S)NC(=O)c3cc4ccccc4cc3OC)nc2cc1Cl. The van der Waals surface area contributed by atoms with E-state index in [9.17, 15) is 4.79 Å². The van der Waals surface area contributed by atoms with Crippen LogP contribution in [-0.4, -0.2) is 30.2 Å². The van der Waals surface area contributed by atoms with Crippen molar-refractivity contribution < 1.29 is 14.3 Å². The number of aromatic nitrogens is 1. The molecule has 0 atom stereocenters. The molecule has 1 amide bonds. The molecule has 4 aromatic rings. The summed E-state index contributed by atoms with van der Waals surface area (Å²) in [7, 11) is 3.08. The maximum atomic E-state index is 12.8. The quantitative estimate of drug-likeness (QED) is 0.408. The summed E-state index contributed by atoms with van der Waals surface area (Å²) in [5.41, 5.74) is 1.10. The Morgan fingerprint density at radius 2 is 1.77 bits per heavy atom. The van der Waals surface area contributed by atoms with Crippen LogP contribution in [0.25, 0.3) is 21.0 Å². The fourth-order valence-electron chi connectivity index (χ4n) is 3.00. The lowest BCUT2D eigenvalue weighted by Crippen LogP contribution is -2.34. The van der Waals surface area contributed by atoms with Gasteiger partial charge >= 0.3 is 0 Å². The predicted molar refractivity (Wildman–Crippen MR) is 125 cm³/mol. The van der Waals surface area contributed by atoms with Crippen molar-refractivity contribution in [2.45, 2.75) is 0 Å². The number of nitrogens with one attached hydrogen (secondary N) is 2. The molecule has 0 bridgehead atoms. The number of carbonyl (C=O) groups is 1. The summed E-state index contributed by atoms with van der Waals surface area (Å²) >= 11 is 12.8. The Hall–Kier alpha value is -2.94. The molecular weight excluding hydrogens is 442 g/mol. The van der Waals surface area contributed by atoms with Crippen LogP contribution in [0.15, 0.2) is 48.5 Å². The smallest absolute Gasteiger partial charge is 0.261 e. The van der Waals surface area contributed by atoms with Gasteiger partial charge in [0.25, 0.3) is 5.91 Å². The van der Waals surface area contributed by atoms with Gasteiger partial charge in [0.15, 0.2) is 10.2 Å². The van der Waals surface area contributed by atoms with Crippen molar-refractivity contribution in [2.24, 2.45) is 0 Å². The number of hydrogen-bond acceptors (Lipinski definition) is 6. The number of halogens is 1. The first-order valence-electron chi connectivity index (χ1n) is 8.81. The number of rotatable bonds is 4. The standard InChI is InChI=1S/C21H16ClN3O3S2/c1-27-16-8-12-6-4-3-5-11(12)7-13(16)19(26)24-20(29)25-21-23-15-9-14(22)17(28-2)10-18(15)30-21/h3-10H,1-2H3,(H2,23,24,25,26,29). The van der Waals surface area contributed by atoms with Crippen LogP contribution in [0.1, 0.15) is 10.4 Å². The van der Waals surface area contributed by atoms with Crippen molar-refractivity contribution in [3.05, 3.63) is 59.1 Å². The summed E-state index contributed by atoms with van der Waals surface area (Å²) in [5, 5.41) is 8.67. The Morgan fingerprint density at radius 1 is 1.07 bits per heavy atom. The average Bonchev–Trinajstić information content (AvgIpc) is 3.12. The second-order valence-electron chi connectivity index (χ2n) is 6.28. The first-order chi connectivity index (χ1) is 14.5. The third-order valence-electron chi connectivity index (χ3n) is 4.42. The van der Waals surface area contributed by atoms with E-state index in [0.717, 1.165) is 15.5 Å². The van der Waals surface area contributed by atoms with Crippen molar-refractivity contribution >= 4 is 72.3 Å². The number of thiazole rings is 1. The first kappa shape index (κ1) is 20.3. The Morgan fingerprint density at radius 3 is 2.47 bits per heavy atom. The van der Waals surface area contributed by atoms with Crippen LogP contribution in [0.5, 0.6) is 11.5 Å².